The fourth-order valence-electron chi connectivity index (χ4n) is 7.09. The van der Waals surface area contributed by atoms with Crippen LogP contribution >= 0.6 is 0 Å². The third kappa shape index (κ3) is 22.3. The summed E-state index contributed by atoms with van der Waals surface area (Å²) >= 11 is 0. The Hall–Kier alpha value is -11.2. The van der Waals surface area contributed by atoms with Crippen molar-refractivity contribution in [3.63, 3.8) is 0 Å². The fourth-order valence-corrected chi connectivity index (χ4v) is 7.09. The third-order valence-electron chi connectivity index (χ3n) is 11.3. The molecule has 0 atom stereocenters. The van der Waals surface area contributed by atoms with Crippen LogP contribution in [0.15, 0.2) is 208 Å². The quantitative estimate of drug-likeness (QED) is 0.00847. The van der Waals surface area contributed by atoms with Gasteiger partial charge in [0.2, 0.25) is 0 Å². The summed E-state index contributed by atoms with van der Waals surface area (Å²) in [6.45, 7) is 29.3. The normalized spacial score (nSPS) is 11.3. The van der Waals surface area contributed by atoms with Gasteiger partial charge in [-0.25, -0.2) is 24.2 Å². The van der Waals surface area contributed by atoms with Crippen LogP contribution in [0, 0.1) is 15.5 Å². The van der Waals surface area contributed by atoms with Crippen molar-refractivity contribution in [2.75, 3.05) is 5.32 Å². The lowest BCUT2D eigenvalue weighted by atomic mass is 9.85. The summed E-state index contributed by atoms with van der Waals surface area (Å²) in [5.41, 5.74) is 1.73. The molecule has 0 fully saturated rings. The Balaban J connectivity index is 0.000000244. The maximum atomic E-state index is 13.1. The van der Waals surface area contributed by atoms with E-state index in [4.69, 9.17) is 28.4 Å². The number of carbonyl (C=O) groups is 6. The van der Waals surface area contributed by atoms with Crippen LogP contribution in [0.5, 0.6) is 17.2 Å². The van der Waals surface area contributed by atoms with Crippen molar-refractivity contribution in [1.29, 1.82) is 0 Å². The molecule has 89 heavy (non-hydrogen) atoms. The molecule has 0 bridgehead atoms. The number of Topliss-reactive ketones (excluding diaryl/α,β-unsaturated/α-hetero) is 1. The molecular weight excluding hydrogens is 1140 g/mol. The maximum absolute atomic E-state index is 13.1. The van der Waals surface area contributed by atoms with Crippen molar-refractivity contribution in [3.8, 4) is 17.2 Å². The van der Waals surface area contributed by atoms with Crippen LogP contribution in [-0.4, -0.2) is 63.3 Å². The number of para-hydroxylation sites is 3. The molecule has 1 amide bonds. The van der Waals surface area contributed by atoms with Crippen molar-refractivity contribution in [2.24, 2.45) is 30.9 Å². The zero-order valence-electron chi connectivity index (χ0n) is 51.2. The molecule has 0 spiro atoms. The van der Waals surface area contributed by atoms with Gasteiger partial charge in [0, 0.05) is 63.1 Å². The number of hydrogen-bond acceptors (Lipinski definition) is 20. The average molecular weight is 1210 g/mol. The zero-order valence-corrected chi connectivity index (χ0v) is 51.2. The molecule has 0 aliphatic heterocycles. The van der Waals surface area contributed by atoms with E-state index in [9.17, 15) is 38.9 Å². The summed E-state index contributed by atoms with van der Waals surface area (Å²) in [6, 6.07) is 38.5. The number of ketones is 1. The number of nitrogens with zero attached hydrogens (tertiary/aromatic N) is 7. The number of pyridine rings is 1. The summed E-state index contributed by atoms with van der Waals surface area (Å²) in [4.78, 5) is 91.1. The predicted octanol–water partition coefficient (Wildman–Crippen LogP) is 17.2. The van der Waals surface area contributed by atoms with Crippen LogP contribution < -0.4 is 19.5 Å². The first-order valence-corrected chi connectivity index (χ1v) is 27.3. The van der Waals surface area contributed by atoms with Crippen LogP contribution in [0.4, 0.5) is 49.5 Å². The van der Waals surface area contributed by atoms with Crippen molar-refractivity contribution in [2.45, 2.75) is 94.0 Å². The van der Waals surface area contributed by atoms with Gasteiger partial charge in [-0.3, -0.25) is 24.7 Å². The van der Waals surface area contributed by atoms with Gasteiger partial charge in [-0.05, 0) is 146 Å². The summed E-state index contributed by atoms with van der Waals surface area (Å²) in [5, 5.41) is 32.4. The number of nitro benzene ring substituents is 1. The van der Waals surface area contributed by atoms with Crippen molar-refractivity contribution >= 4 is 92.9 Å². The number of benzene rings is 6. The number of anilines is 1. The Morgan fingerprint density at radius 2 is 1.25 bits per heavy atom. The smallest absolute Gasteiger partial charge is 0.457 e. The lowest BCUT2D eigenvalue weighted by Gasteiger charge is -2.19. The second-order valence-electron chi connectivity index (χ2n) is 22.2. The minimum absolute atomic E-state index is 0.0456. The number of nitro groups is 1. The first-order valence-electron chi connectivity index (χ1n) is 27.3. The Morgan fingerprint density at radius 1 is 0.640 bits per heavy atom. The molecule has 22 nitrogen and oxygen atoms in total. The van der Waals surface area contributed by atoms with Crippen LogP contribution in [0.1, 0.15) is 97.6 Å². The van der Waals surface area contributed by atoms with Gasteiger partial charge in [0.05, 0.1) is 16.2 Å². The summed E-state index contributed by atoms with van der Waals surface area (Å²) in [6.07, 6.45) is 2.64. The highest BCUT2D eigenvalue weighted by atomic mass is 16.7. The van der Waals surface area contributed by atoms with Gasteiger partial charge in [-0.15, -0.1) is 15.3 Å². The molecule has 0 unspecified atom stereocenters. The molecule has 0 aliphatic carbocycles. The number of amides is 1. The number of aliphatic imine (C=N–C) groups is 1. The van der Waals surface area contributed by atoms with E-state index in [1.807, 2.05) is 45.0 Å². The third-order valence-corrected chi connectivity index (χ3v) is 11.3. The number of azo groups is 2. The Bertz CT molecular complexity index is 3870. The Morgan fingerprint density at radius 3 is 1.81 bits per heavy atom. The minimum atomic E-state index is -0.899. The highest BCUT2D eigenvalue weighted by Crippen LogP contribution is 2.39. The van der Waals surface area contributed by atoms with Gasteiger partial charge in [0.15, 0.2) is 23.1 Å². The standard InChI is InChI=1S/C24H24N4O2.C22H23N3O7.C21H21NO5/c1-15(2)23(30)26-19-10-8-9-17-16(19)12-13-18(22(29)24(3,4)5)21(17)28-27-20-11-6-7-14-25-20;1-14(2)20(26)30-13-15-10-11-16(12-18(15)25(28)29)23-24-17-8-6-7-9-19(17)31-21(27)32-22(3,4)5;1-5-19(23)25-16-12-10-15(11-13-16)14-22-17-8-6-7-9-18(17)26-20(24)27-21(2,3)4/h6-14H,1H2,2-5H3,(H,26,30);6-12H,1,13H2,2-5H3;5-14H,1H2,2-4H3. The fraction of sp³-hybridized carbons (Fsp3) is 0.224. The SMILES string of the molecule is C=C(C)C(=O)Nc1cccc2c(N=Nc3ccccn3)c(C(=O)C(C)(C)C)ccc12.C=C(C)C(=O)OCc1ccc(N=Nc2ccccc2OC(=O)OC(C)(C)C)cc1[N+](=O)[O-].C=CC(=O)Oc1ccc(C=Nc2ccccc2OC(=O)OC(C)(C)C)cc1. The van der Waals surface area contributed by atoms with Gasteiger partial charge in [0.25, 0.3) is 11.6 Å². The zero-order chi connectivity index (χ0) is 65.6. The molecule has 0 aliphatic rings. The average Bonchev–Trinajstić information content (AvgIpc) is 0.948. The molecule has 1 heterocycles. The molecule has 0 saturated carbocycles. The molecule has 22 heteroatoms. The summed E-state index contributed by atoms with van der Waals surface area (Å²) in [5.74, 6) is -0.233. The van der Waals surface area contributed by atoms with E-state index < -0.39 is 45.8 Å². The van der Waals surface area contributed by atoms with E-state index in [2.05, 4.69) is 55.5 Å². The van der Waals surface area contributed by atoms with Crippen LogP contribution in [-0.2, 0) is 35.2 Å². The first-order chi connectivity index (χ1) is 41.9. The number of esters is 2. The number of fused-ring (bicyclic) bond motifs is 1. The first kappa shape index (κ1) is 68.6. The van der Waals surface area contributed by atoms with Crippen molar-refractivity contribution in [1.82, 2.24) is 4.98 Å². The topological polar surface area (TPSA) is 288 Å². The predicted molar refractivity (Wildman–Crippen MR) is 338 cm³/mol. The number of carbonyl (C=O) groups excluding carboxylic acids is 6. The van der Waals surface area contributed by atoms with Gasteiger partial charge in [-0.1, -0.05) is 89.0 Å². The highest BCUT2D eigenvalue weighted by Gasteiger charge is 2.27. The molecule has 0 saturated heterocycles. The van der Waals surface area contributed by atoms with Crippen LogP contribution in [0.3, 0.4) is 0 Å². The largest absolute Gasteiger partial charge is 0.514 e. The molecule has 1 N–H and O–H groups in total. The van der Waals surface area contributed by atoms with E-state index in [0.717, 1.165) is 17.0 Å². The van der Waals surface area contributed by atoms with E-state index in [1.54, 1.807) is 152 Å². The van der Waals surface area contributed by atoms with Crippen LogP contribution in [0.25, 0.3) is 10.8 Å². The van der Waals surface area contributed by atoms with Crippen molar-refractivity contribution in [3.05, 3.63) is 209 Å². The lowest BCUT2D eigenvalue weighted by Crippen LogP contribution is -2.26. The second-order valence-corrected chi connectivity index (χ2v) is 22.2. The second kappa shape index (κ2) is 31.3. The van der Waals surface area contributed by atoms with E-state index in [1.165, 1.54) is 31.2 Å². The summed E-state index contributed by atoms with van der Waals surface area (Å²) < 4.78 is 30.7. The molecule has 460 valence electrons. The Kier molecular flexibility index (Phi) is 24.1. The molecule has 7 rings (SSSR count). The van der Waals surface area contributed by atoms with Gasteiger partial charge >= 0.3 is 24.2 Å². The molecule has 1 aromatic heterocycles. The molecule has 6 aromatic carbocycles. The van der Waals surface area contributed by atoms with E-state index >= 15 is 0 Å². The van der Waals surface area contributed by atoms with Gasteiger partial charge in [0.1, 0.15) is 40.6 Å². The van der Waals surface area contributed by atoms with E-state index in [-0.39, 0.29) is 52.2 Å². The molecule has 0 radical (unpaired) electrons. The molecule has 7 aromatic rings. The number of ether oxygens (including phenoxy) is 6. The number of rotatable bonds is 17. The number of hydrogen-bond donors (Lipinski definition) is 1. The van der Waals surface area contributed by atoms with Crippen molar-refractivity contribution < 1.29 is 62.1 Å². The highest BCUT2D eigenvalue weighted by molar-refractivity contribution is 6.14. The molecular formula is C67H68N8O14. The monoisotopic (exact) mass is 1210 g/mol. The minimum Gasteiger partial charge on any atom is -0.457 e. The van der Waals surface area contributed by atoms with E-state index in [0.29, 0.717) is 50.9 Å². The number of aromatic nitrogens is 1. The Labute approximate surface area is 514 Å². The maximum Gasteiger partial charge on any atom is 0.514 e. The van der Waals surface area contributed by atoms with Gasteiger partial charge < -0.3 is 33.7 Å². The van der Waals surface area contributed by atoms with Crippen LogP contribution in [0.2, 0.25) is 0 Å². The number of nitrogens with one attached hydrogen (secondary N) is 1. The lowest BCUT2D eigenvalue weighted by molar-refractivity contribution is -0.385. The van der Waals surface area contributed by atoms with Gasteiger partial charge in [-0.2, -0.15) is 5.11 Å². The summed E-state index contributed by atoms with van der Waals surface area (Å²) in [7, 11) is 0.